The molecule has 4 nitrogen and oxygen atoms in total. The summed E-state index contributed by atoms with van der Waals surface area (Å²) in [6, 6.07) is 9.29. The number of hydrogen-bond donors (Lipinski definition) is 2. The Morgan fingerprint density at radius 1 is 1.06 bits per heavy atom. The zero-order chi connectivity index (χ0) is 22.6. The molecule has 0 aliphatic heterocycles. The Kier molecular flexibility index (Phi) is 9.63. The first-order chi connectivity index (χ1) is 15.0. The van der Waals surface area contributed by atoms with Crippen LogP contribution in [0.2, 0.25) is 0 Å². The largest absolute Gasteiger partial charge is 0.507 e. The van der Waals surface area contributed by atoms with Gasteiger partial charge in [0.25, 0.3) is 0 Å². The van der Waals surface area contributed by atoms with Crippen LogP contribution in [-0.4, -0.2) is 24.5 Å². The number of hydrogen-bond acceptors (Lipinski definition) is 4. The van der Waals surface area contributed by atoms with Crippen LogP contribution in [0.5, 0.6) is 11.5 Å². The Morgan fingerprint density at radius 2 is 1.71 bits per heavy atom. The highest BCUT2D eigenvalue weighted by Crippen LogP contribution is 2.37. The van der Waals surface area contributed by atoms with E-state index in [9.17, 15) is 9.90 Å². The van der Waals surface area contributed by atoms with Crippen molar-refractivity contribution in [1.29, 1.82) is 0 Å². The number of aromatic hydroxyl groups is 1. The topological polar surface area (TPSA) is 58.6 Å². The quantitative estimate of drug-likeness (QED) is 0.253. The van der Waals surface area contributed by atoms with Crippen molar-refractivity contribution in [2.24, 2.45) is 0 Å². The lowest BCUT2D eigenvalue weighted by Gasteiger charge is -2.17. The van der Waals surface area contributed by atoms with Gasteiger partial charge in [-0.3, -0.25) is 4.79 Å². The van der Waals surface area contributed by atoms with Crippen LogP contribution in [0.3, 0.4) is 0 Å². The molecular weight excluding hydrogens is 386 g/mol. The number of nitrogens with one attached hydrogen (secondary N) is 1. The van der Waals surface area contributed by atoms with Crippen LogP contribution in [0, 0.1) is 0 Å². The molecule has 2 aromatic rings. The lowest BCUT2D eigenvalue weighted by molar-refractivity contribution is 0.104. The third kappa shape index (κ3) is 6.61. The van der Waals surface area contributed by atoms with Crippen LogP contribution in [0.15, 0.2) is 60.7 Å². The molecule has 0 heterocycles. The summed E-state index contributed by atoms with van der Waals surface area (Å²) in [6.07, 6.45) is 13.3. The van der Waals surface area contributed by atoms with Gasteiger partial charge in [-0.2, -0.15) is 0 Å². The summed E-state index contributed by atoms with van der Waals surface area (Å²) in [5, 5.41) is 14.0. The first kappa shape index (κ1) is 24.0. The number of anilines is 1. The number of carbonyl (C=O) groups is 1. The van der Waals surface area contributed by atoms with Gasteiger partial charge in [0.05, 0.1) is 12.2 Å². The molecule has 0 fully saturated rings. The normalized spacial score (nSPS) is 11.6. The monoisotopic (exact) mass is 419 g/mol. The Labute approximate surface area is 186 Å². The highest BCUT2D eigenvalue weighted by atomic mass is 16.5. The maximum Gasteiger partial charge on any atom is 0.185 e. The molecule has 0 spiro atoms. The van der Waals surface area contributed by atoms with E-state index in [1.807, 2.05) is 64.2 Å². The van der Waals surface area contributed by atoms with E-state index >= 15 is 0 Å². The molecule has 2 N–H and O–H groups in total. The predicted octanol–water partition coefficient (Wildman–Crippen LogP) is 6.36. The van der Waals surface area contributed by atoms with E-state index in [1.165, 1.54) is 6.08 Å². The molecule has 4 heteroatoms. The summed E-state index contributed by atoms with van der Waals surface area (Å²) < 4.78 is 6.04. The van der Waals surface area contributed by atoms with Crippen molar-refractivity contribution in [3.05, 3.63) is 83.0 Å². The smallest absolute Gasteiger partial charge is 0.185 e. The minimum absolute atomic E-state index is 0.127. The van der Waals surface area contributed by atoms with Gasteiger partial charge >= 0.3 is 0 Å². The van der Waals surface area contributed by atoms with Gasteiger partial charge in [0.1, 0.15) is 11.5 Å². The molecule has 0 radical (unpaired) electrons. The van der Waals surface area contributed by atoms with Crippen molar-refractivity contribution < 1.29 is 14.6 Å². The van der Waals surface area contributed by atoms with E-state index < -0.39 is 0 Å². The van der Waals surface area contributed by atoms with Gasteiger partial charge in [-0.1, -0.05) is 31.2 Å². The number of carbonyl (C=O) groups excluding carboxylic acids is 1. The third-order valence-corrected chi connectivity index (χ3v) is 4.90. The molecule has 0 saturated heterocycles. The maximum absolute atomic E-state index is 12.7. The summed E-state index contributed by atoms with van der Waals surface area (Å²) in [5.41, 5.74) is 3.89. The second kappa shape index (κ2) is 12.4. The van der Waals surface area contributed by atoms with Crippen LogP contribution < -0.4 is 10.1 Å². The molecule has 0 amide bonds. The average Bonchev–Trinajstić information content (AvgIpc) is 2.80. The molecule has 0 aliphatic carbocycles. The maximum atomic E-state index is 12.7. The molecular formula is C27H33NO3. The fourth-order valence-corrected chi connectivity index (χ4v) is 3.18. The first-order valence-corrected chi connectivity index (χ1v) is 10.8. The van der Waals surface area contributed by atoms with Crippen molar-refractivity contribution in [3.8, 4) is 11.5 Å². The van der Waals surface area contributed by atoms with Gasteiger partial charge in [0.2, 0.25) is 0 Å². The number of ether oxygens (including phenoxy) is 1. The highest BCUT2D eigenvalue weighted by Gasteiger charge is 2.17. The fourth-order valence-electron chi connectivity index (χ4n) is 3.18. The molecule has 0 saturated carbocycles. The van der Waals surface area contributed by atoms with Crippen molar-refractivity contribution in [2.45, 2.75) is 40.0 Å². The van der Waals surface area contributed by atoms with E-state index in [0.717, 1.165) is 23.2 Å². The molecule has 0 atom stereocenters. The van der Waals surface area contributed by atoms with Gasteiger partial charge in [0.15, 0.2) is 5.78 Å². The van der Waals surface area contributed by atoms with E-state index in [0.29, 0.717) is 36.3 Å². The standard InChI is InChI=1S/C27H33NO3/c1-5-8-10-21-19-22(11-9-6-2)27(31-18-7-3)24(26(21)30)16-17-25(29)20-12-14-23(28-4)15-13-20/h5-6,8-9,12-17,19,28,30H,7,10-11,18H2,1-4H3. The molecule has 0 bridgehead atoms. The number of ketones is 1. The van der Waals surface area contributed by atoms with Crippen LogP contribution in [0.25, 0.3) is 6.08 Å². The minimum atomic E-state index is -0.127. The molecule has 31 heavy (non-hydrogen) atoms. The van der Waals surface area contributed by atoms with Crippen LogP contribution >= 0.6 is 0 Å². The molecule has 0 unspecified atom stereocenters. The van der Waals surface area contributed by atoms with E-state index in [-0.39, 0.29) is 11.5 Å². The number of benzene rings is 2. The van der Waals surface area contributed by atoms with Crippen molar-refractivity contribution in [1.82, 2.24) is 0 Å². The van der Waals surface area contributed by atoms with Crippen molar-refractivity contribution in [2.75, 3.05) is 19.0 Å². The summed E-state index contributed by atoms with van der Waals surface area (Å²) in [7, 11) is 1.84. The number of rotatable bonds is 11. The Balaban J connectivity index is 2.51. The van der Waals surface area contributed by atoms with Gasteiger partial charge in [0, 0.05) is 18.3 Å². The van der Waals surface area contributed by atoms with Gasteiger partial charge in [-0.05, 0) is 86.7 Å². The summed E-state index contributed by atoms with van der Waals surface area (Å²) in [5.74, 6) is 0.664. The summed E-state index contributed by atoms with van der Waals surface area (Å²) in [6.45, 7) is 6.51. The lowest BCUT2D eigenvalue weighted by Crippen LogP contribution is -2.03. The molecule has 2 aromatic carbocycles. The van der Waals surface area contributed by atoms with Crippen LogP contribution in [-0.2, 0) is 12.8 Å². The Hall–Kier alpha value is -3.27. The fraction of sp³-hybridized carbons (Fsp3) is 0.296. The van der Waals surface area contributed by atoms with Crippen molar-refractivity contribution in [3.63, 3.8) is 0 Å². The van der Waals surface area contributed by atoms with Gasteiger partial charge in [-0.25, -0.2) is 0 Å². The van der Waals surface area contributed by atoms with E-state index in [1.54, 1.807) is 18.2 Å². The molecule has 0 aliphatic rings. The number of allylic oxidation sites excluding steroid dienone is 5. The Morgan fingerprint density at radius 3 is 2.29 bits per heavy atom. The lowest BCUT2D eigenvalue weighted by atomic mass is 9.97. The van der Waals surface area contributed by atoms with Crippen LogP contribution in [0.1, 0.15) is 54.2 Å². The van der Waals surface area contributed by atoms with Crippen molar-refractivity contribution >= 4 is 17.5 Å². The minimum Gasteiger partial charge on any atom is -0.507 e. The summed E-state index contributed by atoms with van der Waals surface area (Å²) >= 11 is 0. The summed E-state index contributed by atoms with van der Waals surface area (Å²) in [4.78, 5) is 12.7. The third-order valence-electron chi connectivity index (χ3n) is 4.90. The predicted molar refractivity (Wildman–Crippen MR) is 130 cm³/mol. The molecule has 164 valence electrons. The number of phenolic OH excluding ortho intramolecular Hbond substituents is 1. The zero-order valence-electron chi connectivity index (χ0n) is 18.9. The SMILES string of the molecule is CC=CCc1cc(CC=CC)c(OCCC)c(C=CC(=O)c2ccc(NC)cc2)c1O. The van der Waals surface area contributed by atoms with E-state index in [4.69, 9.17) is 4.74 Å². The average molecular weight is 420 g/mol. The molecule has 0 aromatic heterocycles. The van der Waals surface area contributed by atoms with Gasteiger partial charge < -0.3 is 15.2 Å². The van der Waals surface area contributed by atoms with Crippen LogP contribution in [0.4, 0.5) is 5.69 Å². The van der Waals surface area contributed by atoms with E-state index in [2.05, 4.69) is 11.4 Å². The van der Waals surface area contributed by atoms with Gasteiger partial charge in [-0.15, -0.1) is 0 Å². The first-order valence-electron chi connectivity index (χ1n) is 10.8. The Bertz CT molecular complexity index is 953. The molecule has 2 rings (SSSR count). The second-order valence-corrected chi connectivity index (χ2v) is 7.21. The zero-order valence-corrected chi connectivity index (χ0v) is 18.9. The second-order valence-electron chi connectivity index (χ2n) is 7.21. The number of phenols is 1. The highest BCUT2D eigenvalue weighted by molar-refractivity contribution is 6.07.